The van der Waals surface area contributed by atoms with Crippen molar-refractivity contribution in [1.82, 2.24) is 10.6 Å². The number of carbonyl (C=O) groups excluding carboxylic acids is 2. The van der Waals surface area contributed by atoms with Crippen molar-refractivity contribution in [2.75, 3.05) is 13.2 Å². The zero-order valence-corrected chi connectivity index (χ0v) is 17.7. The van der Waals surface area contributed by atoms with Gasteiger partial charge in [-0.3, -0.25) is 9.59 Å². The molecule has 0 spiro atoms. The van der Waals surface area contributed by atoms with Crippen LogP contribution in [0.3, 0.4) is 0 Å². The summed E-state index contributed by atoms with van der Waals surface area (Å²) in [5.74, 6) is -7.75. The predicted octanol–water partition coefficient (Wildman–Crippen LogP) is 3.53. The van der Waals surface area contributed by atoms with Crippen molar-refractivity contribution in [3.8, 4) is 11.1 Å². The van der Waals surface area contributed by atoms with Crippen molar-refractivity contribution < 1.29 is 33.0 Å². The summed E-state index contributed by atoms with van der Waals surface area (Å²) < 4.78 is 33.7. The first-order valence-electron chi connectivity index (χ1n) is 10.8. The number of alkyl halides is 2. The Morgan fingerprint density at radius 1 is 1.00 bits per heavy atom. The number of fused-ring (bicyclic) bond motifs is 3. The topological polar surface area (TPSA) is 105 Å². The molecule has 0 heterocycles. The van der Waals surface area contributed by atoms with Crippen LogP contribution in [0.4, 0.5) is 13.6 Å². The van der Waals surface area contributed by atoms with Gasteiger partial charge >= 0.3 is 18.0 Å². The van der Waals surface area contributed by atoms with E-state index >= 15 is 0 Å². The van der Waals surface area contributed by atoms with Crippen LogP contribution in [0.2, 0.25) is 0 Å². The Bertz CT molecular complexity index is 1030. The summed E-state index contributed by atoms with van der Waals surface area (Å²) in [6.07, 6.45) is 0.113. The van der Waals surface area contributed by atoms with E-state index in [0.29, 0.717) is 19.3 Å². The highest BCUT2D eigenvalue weighted by Crippen LogP contribution is 2.44. The van der Waals surface area contributed by atoms with E-state index < -0.39 is 42.4 Å². The predicted molar refractivity (Wildman–Crippen MR) is 115 cm³/mol. The Morgan fingerprint density at radius 2 is 1.61 bits per heavy atom. The number of carbonyl (C=O) groups is 3. The lowest BCUT2D eigenvalue weighted by Gasteiger charge is -2.22. The molecule has 2 aliphatic rings. The molecule has 9 heteroatoms. The minimum Gasteiger partial charge on any atom is -0.481 e. The van der Waals surface area contributed by atoms with E-state index in [4.69, 9.17) is 9.84 Å². The largest absolute Gasteiger partial charge is 0.481 e. The third-order valence-electron chi connectivity index (χ3n) is 6.28. The van der Waals surface area contributed by atoms with Gasteiger partial charge in [0.25, 0.3) is 5.91 Å². The number of aliphatic carboxylic acids is 1. The molecule has 0 bridgehead atoms. The molecule has 2 atom stereocenters. The summed E-state index contributed by atoms with van der Waals surface area (Å²) in [6, 6.07) is 14.6. The molecule has 7 nitrogen and oxygen atoms in total. The summed E-state index contributed by atoms with van der Waals surface area (Å²) in [6.45, 7) is -1.29. The summed E-state index contributed by atoms with van der Waals surface area (Å²) in [5.41, 5.74) is 4.05. The fourth-order valence-electron chi connectivity index (χ4n) is 4.62. The lowest BCUT2D eigenvalue weighted by molar-refractivity contribution is -0.147. The molecule has 3 N–H and O–H groups in total. The third-order valence-corrected chi connectivity index (χ3v) is 6.28. The monoisotopic (exact) mass is 458 g/mol. The SMILES string of the molecule is O=C(NCC(F)(F)C(=O)N[C@@H]1CCC[C@@H]1C(=O)O)OCC1c2ccccc2-c2ccccc21. The number of hydrogen-bond acceptors (Lipinski definition) is 4. The average molecular weight is 458 g/mol. The molecule has 174 valence electrons. The van der Waals surface area contributed by atoms with Crippen molar-refractivity contribution in [2.24, 2.45) is 5.92 Å². The Hall–Kier alpha value is -3.49. The summed E-state index contributed by atoms with van der Waals surface area (Å²) in [4.78, 5) is 35.3. The van der Waals surface area contributed by atoms with Crippen LogP contribution in [0.5, 0.6) is 0 Å². The molecular formula is C24H24F2N2O5. The van der Waals surface area contributed by atoms with Gasteiger partial charge in [0.15, 0.2) is 0 Å². The van der Waals surface area contributed by atoms with Gasteiger partial charge in [-0.1, -0.05) is 55.0 Å². The number of benzene rings is 2. The molecule has 0 aromatic heterocycles. The van der Waals surface area contributed by atoms with Crippen LogP contribution in [0.25, 0.3) is 11.1 Å². The van der Waals surface area contributed by atoms with Gasteiger partial charge in [-0.05, 0) is 35.1 Å². The van der Waals surface area contributed by atoms with Gasteiger partial charge in [-0.2, -0.15) is 8.78 Å². The van der Waals surface area contributed by atoms with Gasteiger partial charge in [-0.25, -0.2) is 4.79 Å². The lowest BCUT2D eigenvalue weighted by atomic mass is 9.98. The normalized spacial score (nSPS) is 19.5. The second kappa shape index (κ2) is 9.17. The summed E-state index contributed by atoms with van der Waals surface area (Å²) >= 11 is 0. The quantitative estimate of drug-likeness (QED) is 0.589. The number of nitrogens with one attached hydrogen (secondary N) is 2. The lowest BCUT2D eigenvalue weighted by Crippen LogP contribution is -2.52. The van der Waals surface area contributed by atoms with E-state index in [1.165, 1.54) is 0 Å². The maximum absolute atomic E-state index is 14.3. The van der Waals surface area contributed by atoms with Crippen LogP contribution < -0.4 is 10.6 Å². The third kappa shape index (κ3) is 4.67. The first-order chi connectivity index (χ1) is 15.8. The van der Waals surface area contributed by atoms with E-state index in [-0.39, 0.29) is 12.5 Å². The molecule has 2 aromatic rings. The van der Waals surface area contributed by atoms with Crippen LogP contribution in [-0.2, 0) is 14.3 Å². The van der Waals surface area contributed by atoms with Crippen molar-refractivity contribution in [2.45, 2.75) is 37.1 Å². The van der Waals surface area contributed by atoms with Crippen molar-refractivity contribution in [1.29, 1.82) is 0 Å². The Kier molecular flexibility index (Phi) is 6.31. The highest BCUT2D eigenvalue weighted by Gasteiger charge is 2.43. The van der Waals surface area contributed by atoms with E-state index in [9.17, 15) is 23.2 Å². The molecule has 1 saturated carbocycles. The fraction of sp³-hybridized carbons (Fsp3) is 0.375. The Balaban J connectivity index is 1.31. The van der Waals surface area contributed by atoms with E-state index in [1.54, 1.807) is 0 Å². The molecular weight excluding hydrogens is 434 g/mol. The minimum absolute atomic E-state index is 0.0417. The van der Waals surface area contributed by atoms with Crippen LogP contribution in [0, 0.1) is 5.92 Å². The van der Waals surface area contributed by atoms with Gasteiger partial charge in [0, 0.05) is 12.0 Å². The molecule has 1 fully saturated rings. The standard InChI is InChI=1S/C24H24F2N2O5/c25-24(26,22(31)28-20-11-5-10-18(20)21(29)30)13-27-23(32)33-12-19-16-8-3-1-6-14(16)15-7-2-4-9-17(15)19/h1-4,6-9,18-20H,5,10-13H2,(H,27,32)(H,28,31)(H,29,30)/t18-,20+/m0/s1. The average Bonchev–Trinajstić information content (AvgIpc) is 3.39. The first kappa shape index (κ1) is 22.7. The zero-order valence-electron chi connectivity index (χ0n) is 17.7. The van der Waals surface area contributed by atoms with Gasteiger partial charge in [-0.15, -0.1) is 0 Å². The Morgan fingerprint density at radius 3 is 2.21 bits per heavy atom. The van der Waals surface area contributed by atoms with Crippen LogP contribution in [0.1, 0.15) is 36.3 Å². The maximum Gasteiger partial charge on any atom is 0.407 e. The molecule has 0 saturated heterocycles. The first-order valence-corrected chi connectivity index (χ1v) is 10.8. The zero-order chi connectivity index (χ0) is 23.6. The van der Waals surface area contributed by atoms with Gasteiger partial charge in [0.05, 0.1) is 12.5 Å². The smallest absolute Gasteiger partial charge is 0.407 e. The number of halogens is 2. The van der Waals surface area contributed by atoms with E-state index in [2.05, 4.69) is 5.32 Å². The number of alkyl carbamates (subject to hydrolysis) is 1. The number of rotatable bonds is 7. The minimum atomic E-state index is -3.91. The van der Waals surface area contributed by atoms with Gasteiger partial charge in [0.2, 0.25) is 0 Å². The van der Waals surface area contributed by atoms with Crippen molar-refractivity contribution >= 4 is 18.0 Å². The number of ether oxygens (including phenoxy) is 1. The molecule has 0 aliphatic heterocycles. The maximum atomic E-state index is 14.3. The fourth-order valence-corrected chi connectivity index (χ4v) is 4.62. The summed E-state index contributed by atoms with van der Waals surface area (Å²) in [7, 11) is 0. The molecule has 0 radical (unpaired) electrons. The second-order valence-corrected chi connectivity index (χ2v) is 8.34. The van der Waals surface area contributed by atoms with Gasteiger partial charge in [0.1, 0.15) is 6.61 Å². The van der Waals surface area contributed by atoms with Gasteiger partial charge < -0.3 is 20.5 Å². The Labute approximate surface area is 189 Å². The summed E-state index contributed by atoms with van der Waals surface area (Å²) in [5, 5.41) is 13.2. The molecule has 2 amide bonds. The molecule has 2 aromatic carbocycles. The molecule has 0 unspecified atom stereocenters. The number of hydrogen-bond donors (Lipinski definition) is 3. The second-order valence-electron chi connectivity index (χ2n) is 8.34. The number of amides is 2. The molecule has 2 aliphatic carbocycles. The highest BCUT2D eigenvalue weighted by molar-refractivity contribution is 5.85. The van der Waals surface area contributed by atoms with Crippen LogP contribution >= 0.6 is 0 Å². The van der Waals surface area contributed by atoms with Crippen molar-refractivity contribution in [3.05, 3.63) is 59.7 Å². The number of carboxylic acid groups (broad SMARTS) is 1. The number of carboxylic acids is 1. The van der Waals surface area contributed by atoms with Crippen molar-refractivity contribution in [3.63, 3.8) is 0 Å². The molecule has 33 heavy (non-hydrogen) atoms. The van der Waals surface area contributed by atoms with Crippen LogP contribution in [-0.4, -0.2) is 48.2 Å². The van der Waals surface area contributed by atoms with E-state index in [1.807, 2.05) is 53.8 Å². The van der Waals surface area contributed by atoms with E-state index in [0.717, 1.165) is 22.3 Å². The van der Waals surface area contributed by atoms with Crippen LogP contribution in [0.15, 0.2) is 48.5 Å². The molecule has 4 rings (SSSR count). The highest BCUT2D eigenvalue weighted by atomic mass is 19.3.